The zero-order valence-electron chi connectivity index (χ0n) is 15.8. The van der Waals surface area contributed by atoms with Crippen LogP contribution in [0.4, 0.5) is 0 Å². The van der Waals surface area contributed by atoms with Gasteiger partial charge < -0.3 is 24.8 Å². The Balaban J connectivity index is 1.96. The molecule has 1 aliphatic heterocycles. The minimum absolute atomic E-state index is 0.0950. The van der Waals surface area contributed by atoms with Gasteiger partial charge in [0.25, 0.3) is 0 Å². The molecule has 0 aromatic rings. The molecule has 25 heavy (non-hydrogen) atoms. The van der Waals surface area contributed by atoms with E-state index in [1.807, 2.05) is 0 Å². The normalized spacial score (nSPS) is 27.2. The molecule has 0 aromatic heterocycles. The molecular weight excluding hydrogens is 320 g/mol. The van der Waals surface area contributed by atoms with Crippen LogP contribution in [0, 0.1) is 0 Å². The van der Waals surface area contributed by atoms with Crippen molar-refractivity contribution in [3.63, 3.8) is 0 Å². The van der Waals surface area contributed by atoms with Gasteiger partial charge in [-0.25, -0.2) is 0 Å². The van der Waals surface area contributed by atoms with Crippen molar-refractivity contribution in [1.82, 2.24) is 0 Å². The third kappa shape index (κ3) is 9.71. The Labute approximate surface area is 153 Å². The van der Waals surface area contributed by atoms with Gasteiger partial charge in [0, 0.05) is 6.61 Å². The van der Waals surface area contributed by atoms with Gasteiger partial charge in [-0.1, -0.05) is 51.2 Å². The molecule has 0 aromatic carbocycles. The Hall–Kier alpha value is -0.460. The smallest absolute Gasteiger partial charge is 0.114 e. The monoisotopic (exact) mass is 358 g/mol. The topological polar surface area (TPSA) is 79.2 Å². The van der Waals surface area contributed by atoms with Gasteiger partial charge in [0.15, 0.2) is 0 Å². The molecule has 1 saturated heterocycles. The Morgan fingerprint density at radius 2 is 1.60 bits per heavy atom. The minimum atomic E-state index is -0.976. The lowest BCUT2D eigenvalue weighted by Crippen LogP contribution is -2.55. The Bertz CT molecular complexity index is 334. The lowest BCUT2D eigenvalue weighted by molar-refractivity contribution is -0.210. The molecule has 4 atom stereocenters. The second-order valence-corrected chi connectivity index (χ2v) is 6.97. The van der Waals surface area contributed by atoms with Crippen molar-refractivity contribution in [3.8, 4) is 0 Å². The molecule has 1 rings (SSSR count). The van der Waals surface area contributed by atoms with E-state index in [-0.39, 0.29) is 13.2 Å². The van der Waals surface area contributed by atoms with Crippen molar-refractivity contribution in [2.75, 3.05) is 19.8 Å². The first-order valence-corrected chi connectivity index (χ1v) is 10.1. The summed E-state index contributed by atoms with van der Waals surface area (Å²) >= 11 is 0. The zero-order chi connectivity index (χ0) is 18.3. The molecule has 0 amide bonds. The molecule has 0 aliphatic carbocycles. The number of aliphatic hydroxyl groups excluding tert-OH is 3. The molecule has 148 valence electrons. The second kappa shape index (κ2) is 14.7. The first-order valence-electron chi connectivity index (χ1n) is 10.1. The molecule has 0 spiro atoms. The van der Waals surface area contributed by atoms with Crippen LogP contribution in [0.15, 0.2) is 12.2 Å². The number of aliphatic hydroxyl groups is 3. The number of rotatable bonds is 14. The first kappa shape index (κ1) is 22.6. The average molecular weight is 359 g/mol. The summed E-state index contributed by atoms with van der Waals surface area (Å²) in [6, 6.07) is 0. The van der Waals surface area contributed by atoms with E-state index < -0.39 is 24.4 Å². The van der Waals surface area contributed by atoms with Crippen LogP contribution < -0.4 is 0 Å². The molecule has 1 aliphatic rings. The summed E-state index contributed by atoms with van der Waals surface area (Å²) in [5, 5.41) is 29.0. The summed E-state index contributed by atoms with van der Waals surface area (Å²) in [5.41, 5.74) is 0. The largest absolute Gasteiger partial charge is 0.394 e. The molecule has 1 heterocycles. The Morgan fingerprint density at radius 1 is 0.960 bits per heavy atom. The van der Waals surface area contributed by atoms with Crippen molar-refractivity contribution in [2.45, 2.75) is 95.5 Å². The molecule has 0 bridgehead atoms. The lowest BCUT2D eigenvalue weighted by atomic mass is 10.0. The van der Waals surface area contributed by atoms with Crippen LogP contribution in [-0.4, -0.2) is 59.6 Å². The lowest BCUT2D eigenvalue weighted by Gasteiger charge is -2.37. The van der Waals surface area contributed by atoms with Crippen LogP contribution >= 0.6 is 0 Å². The van der Waals surface area contributed by atoms with Crippen LogP contribution in [0.5, 0.6) is 0 Å². The number of allylic oxidation sites excluding steroid dienone is 2. The van der Waals surface area contributed by atoms with Gasteiger partial charge in [-0.3, -0.25) is 0 Å². The summed E-state index contributed by atoms with van der Waals surface area (Å²) in [6.07, 6.45) is 13.5. The van der Waals surface area contributed by atoms with Gasteiger partial charge in [-0.2, -0.15) is 0 Å². The van der Waals surface area contributed by atoms with Crippen LogP contribution in [0.2, 0.25) is 0 Å². The molecule has 0 saturated carbocycles. The fraction of sp³-hybridized carbons (Fsp3) is 0.900. The maximum Gasteiger partial charge on any atom is 0.114 e. The van der Waals surface area contributed by atoms with E-state index in [0.29, 0.717) is 6.61 Å². The molecule has 5 heteroatoms. The standard InChI is InChI=1S/C20H38O5/c1-2-3-4-5-6-7-8-9-10-11-12-13-14-24-20-17(22)16-25-18(15-21)19(20)23/h7-8,17-23H,2-6,9-16H2,1H3/b8-7+/t17-,18+,19+,20+/m1/s1. The highest BCUT2D eigenvalue weighted by molar-refractivity contribution is 4.87. The first-order chi connectivity index (χ1) is 12.2. The SMILES string of the molecule is CCCCCC/C=C/CCCCCCO[C@@H]1[C@@H](O)[C@H](CO)OC[C@H]1O. The van der Waals surface area contributed by atoms with Crippen molar-refractivity contribution in [1.29, 1.82) is 0 Å². The van der Waals surface area contributed by atoms with E-state index in [2.05, 4.69) is 19.1 Å². The minimum Gasteiger partial charge on any atom is -0.394 e. The van der Waals surface area contributed by atoms with Gasteiger partial charge in [-0.05, 0) is 32.1 Å². The third-order valence-corrected chi connectivity index (χ3v) is 4.72. The van der Waals surface area contributed by atoms with E-state index in [1.54, 1.807) is 0 Å². The maximum atomic E-state index is 10.0. The third-order valence-electron chi connectivity index (χ3n) is 4.72. The Kier molecular flexibility index (Phi) is 13.3. The van der Waals surface area contributed by atoms with Crippen LogP contribution in [0.25, 0.3) is 0 Å². The maximum absolute atomic E-state index is 10.0. The summed E-state index contributed by atoms with van der Waals surface area (Å²) in [4.78, 5) is 0. The quantitative estimate of drug-likeness (QED) is 0.329. The van der Waals surface area contributed by atoms with Gasteiger partial charge in [0.1, 0.15) is 24.4 Å². The molecular formula is C20H38O5. The number of unbranched alkanes of at least 4 members (excludes halogenated alkanes) is 8. The molecule has 0 unspecified atom stereocenters. The molecule has 0 radical (unpaired) electrons. The van der Waals surface area contributed by atoms with E-state index in [4.69, 9.17) is 14.6 Å². The highest BCUT2D eigenvalue weighted by atomic mass is 16.6. The van der Waals surface area contributed by atoms with Crippen molar-refractivity contribution >= 4 is 0 Å². The summed E-state index contributed by atoms with van der Waals surface area (Å²) in [6.45, 7) is 2.59. The zero-order valence-corrected chi connectivity index (χ0v) is 15.8. The van der Waals surface area contributed by atoms with Crippen LogP contribution in [0.1, 0.15) is 71.1 Å². The predicted octanol–water partition coefficient (Wildman–Crippen LogP) is 2.96. The van der Waals surface area contributed by atoms with Gasteiger partial charge in [0.2, 0.25) is 0 Å². The van der Waals surface area contributed by atoms with E-state index in [9.17, 15) is 10.2 Å². The Morgan fingerprint density at radius 3 is 2.24 bits per heavy atom. The summed E-state index contributed by atoms with van der Waals surface area (Å²) in [5.74, 6) is 0. The van der Waals surface area contributed by atoms with E-state index in [1.165, 1.54) is 44.9 Å². The fourth-order valence-electron chi connectivity index (χ4n) is 3.09. The van der Waals surface area contributed by atoms with Gasteiger partial charge in [-0.15, -0.1) is 0 Å². The van der Waals surface area contributed by atoms with Gasteiger partial charge in [0.05, 0.1) is 13.2 Å². The van der Waals surface area contributed by atoms with E-state index >= 15 is 0 Å². The highest BCUT2D eigenvalue weighted by Gasteiger charge is 2.38. The van der Waals surface area contributed by atoms with Gasteiger partial charge >= 0.3 is 0 Å². The van der Waals surface area contributed by atoms with Crippen molar-refractivity contribution in [3.05, 3.63) is 12.2 Å². The summed E-state index contributed by atoms with van der Waals surface area (Å²) in [7, 11) is 0. The summed E-state index contributed by atoms with van der Waals surface area (Å²) < 4.78 is 10.8. The second-order valence-electron chi connectivity index (χ2n) is 6.97. The molecule has 1 fully saturated rings. The van der Waals surface area contributed by atoms with Crippen LogP contribution in [-0.2, 0) is 9.47 Å². The van der Waals surface area contributed by atoms with Crippen molar-refractivity contribution < 1.29 is 24.8 Å². The van der Waals surface area contributed by atoms with E-state index in [0.717, 1.165) is 19.3 Å². The fourth-order valence-corrected chi connectivity index (χ4v) is 3.09. The molecule has 3 N–H and O–H groups in total. The highest BCUT2D eigenvalue weighted by Crippen LogP contribution is 2.19. The number of ether oxygens (including phenoxy) is 2. The number of hydrogen-bond donors (Lipinski definition) is 3. The molecule has 5 nitrogen and oxygen atoms in total. The average Bonchev–Trinajstić information content (AvgIpc) is 2.61. The predicted molar refractivity (Wildman–Crippen MR) is 99.6 cm³/mol. The van der Waals surface area contributed by atoms with Crippen LogP contribution in [0.3, 0.4) is 0 Å². The number of hydrogen-bond acceptors (Lipinski definition) is 5. The van der Waals surface area contributed by atoms with Crippen molar-refractivity contribution in [2.24, 2.45) is 0 Å².